The highest BCUT2D eigenvalue weighted by atomic mass is 19.1. The van der Waals surface area contributed by atoms with E-state index >= 15 is 0 Å². The minimum absolute atomic E-state index is 0.0821. The molecule has 2 rings (SSSR count). The Kier molecular flexibility index (Phi) is 6.22. The lowest BCUT2D eigenvalue weighted by Crippen LogP contribution is -2.49. The summed E-state index contributed by atoms with van der Waals surface area (Å²) in [5, 5.41) is 5.38. The number of aryl methyl sites for hydroxylation is 1. The van der Waals surface area contributed by atoms with E-state index in [1.807, 2.05) is 39.0 Å². The molecule has 0 aliphatic carbocycles. The summed E-state index contributed by atoms with van der Waals surface area (Å²) in [7, 11) is 0. The van der Waals surface area contributed by atoms with Gasteiger partial charge >= 0.3 is 0 Å². The molecule has 1 atom stereocenters. The molecule has 0 spiro atoms. The third-order valence-corrected chi connectivity index (χ3v) is 3.74. The van der Waals surface area contributed by atoms with Crippen LogP contribution >= 0.6 is 0 Å². The van der Waals surface area contributed by atoms with E-state index in [-0.39, 0.29) is 23.9 Å². The first-order chi connectivity index (χ1) is 11.9. The van der Waals surface area contributed by atoms with Gasteiger partial charge in [0.25, 0.3) is 5.91 Å². The first kappa shape index (κ1) is 18.6. The Morgan fingerprint density at radius 1 is 1.12 bits per heavy atom. The number of rotatable bonds is 6. The molecule has 0 aliphatic heterocycles. The Balaban J connectivity index is 2.03. The largest absolute Gasteiger partial charge is 0.349 e. The number of carbonyl (C=O) groups excluding carboxylic acids is 2. The van der Waals surface area contributed by atoms with Crippen molar-refractivity contribution in [1.29, 1.82) is 0 Å². The lowest BCUT2D eigenvalue weighted by Gasteiger charge is -2.22. The fraction of sp³-hybridized carbons (Fsp3) is 0.316. The zero-order valence-electron chi connectivity index (χ0n) is 14.5. The van der Waals surface area contributed by atoms with Crippen LogP contribution in [0, 0.1) is 18.7 Å². The average Bonchev–Trinajstić information content (AvgIpc) is 2.57. The summed E-state index contributed by atoms with van der Waals surface area (Å²) in [5.74, 6) is -1.71. The van der Waals surface area contributed by atoms with Crippen molar-refractivity contribution >= 4 is 11.8 Å². The van der Waals surface area contributed by atoms with Gasteiger partial charge in [-0.25, -0.2) is 4.39 Å². The van der Waals surface area contributed by atoms with Crippen LogP contribution in [0.3, 0.4) is 0 Å². The molecule has 0 saturated heterocycles. The third-order valence-electron chi connectivity index (χ3n) is 3.74. The third kappa shape index (κ3) is 5.11. The van der Waals surface area contributed by atoms with Crippen LogP contribution in [0.15, 0.2) is 42.5 Å². The predicted octanol–water partition coefficient (Wildman–Crippen LogP) is 2.60. The topological polar surface area (TPSA) is 71.1 Å². The maximum atomic E-state index is 13.7. The van der Waals surface area contributed by atoms with Gasteiger partial charge in [0.1, 0.15) is 11.9 Å². The molecule has 25 heavy (non-hydrogen) atoms. The molecule has 2 N–H and O–H groups in total. The highest BCUT2D eigenvalue weighted by molar-refractivity contribution is 5.97. The number of nitrogens with zero attached hydrogens (tertiary/aromatic N) is 1. The van der Waals surface area contributed by atoms with Crippen LogP contribution in [-0.2, 0) is 11.3 Å². The van der Waals surface area contributed by atoms with Crippen LogP contribution in [0.1, 0.15) is 35.6 Å². The van der Waals surface area contributed by atoms with Crippen molar-refractivity contribution in [2.45, 2.75) is 33.4 Å². The van der Waals surface area contributed by atoms with E-state index in [2.05, 4.69) is 15.6 Å². The van der Waals surface area contributed by atoms with E-state index in [0.717, 1.165) is 11.4 Å². The number of hydrogen-bond donors (Lipinski definition) is 2. The standard InChI is InChI=1S/C19H22FN3O2/c1-12(2)17(23-18(24)15-9-4-5-10-16(15)20)19(25)21-11-14-8-6-7-13(3)22-14/h4-10,12,17H,11H2,1-3H3,(H,21,25)(H,23,24). The lowest BCUT2D eigenvalue weighted by molar-refractivity contribution is -0.124. The summed E-state index contributed by atoms with van der Waals surface area (Å²) < 4.78 is 13.7. The van der Waals surface area contributed by atoms with Gasteiger partial charge in [-0.3, -0.25) is 14.6 Å². The molecular weight excluding hydrogens is 321 g/mol. The summed E-state index contributed by atoms with van der Waals surface area (Å²) in [5.41, 5.74) is 1.51. The minimum Gasteiger partial charge on any atom is -0.349 e. The summed E-state index contributed by atoms with van der Waals surface area (Å²) >= 11 is 0. The van der Waals surface area contributed by atoms with Crippen molar-refractivity contribution in [3.8, 4) is 0 Å². The lowest BCUT2D eigenvalue weighted by atomic mass is 10.0. The van der Waals surface area contributed by atoms with E-state index in [9.17, 15) is 14.0 Å². The van der Waals surface area contributed by atoms with E-state index in [0.29, 0.717) is 0 Å². The molecule has 2 aromatic rings. The molecule has 2 amide bonds. The van der Waals surface area contributed by atoms with Gasteiger partial charge in [-0.15, -0.1) is 0 Å². The molecule has 0 radical (unpaired) electrons. The van der Waals surface area contributed by atoms with Gasteiger partial charge < -0.3 is 10.6 Å². The Labute approximate surface area is 146 Å². The number of aromatic nitrogens is 1. The number of carbonyl (C=O) groups is 2. The van der Waals surface area contributed by atoms with Crippen molar-refractivity contribution in [2.75, 3.05) is 0 Å². The van der Waals surface area contributed by atoms with E-state index in [1.165, 1.54) is 18.2 Å². The first-order valence-corrected chi connectivity index (χ1v) is 8.14. The molecule has 1 aromatic heterocycles. The Bertz CT molecular complexity index is 762. The summed E-state index contributed by atoms with van der Waals surface area (Å²) in [6.45, 7) is 5.77. The van der Waals surface area contributed by atoms with Gasteiger partial charge in [-0.2, -0.15) is 0 Å². The van der Waals surface area contributed by atoms with E-state index < -0.39 is 17.8 Å². The van der Waals surface area contributed by atoms with E-state index in [1.54, 1.807) is 6.07 Å². The molecule has 1 aromatic carbocycles. The second-order valence-electron chi connectivity index (χ2n) is 6.16. The highest BCUT2D eigenvalue weighted by Crippen LogP contribution is 2.09. The highest BCUT2D eigenvalue weighted by Gasteiger charge is 2.25. The second-order valence-corrected chi connectivity index (χ2v) is 6.16. The molecule has 0 aliphatic rings. The van der Waals surface area contributed by atoms with Crippen molar-refractivity contribution in [3.63, 3.8) is 0 Å². The van der Waals surface area contributed by atoms with Crippen molar-refractivity contribution in [1.82, 2.24) is 15.6 Å². The summed E-state index contributed by atoms with van der Waals surface area (Å²) in [4.78, 5) is 29.0. The monoisotopic (exact) mass is 343 g/mol. The van der Waals surface area contributed by atoms with Gasteiger partial charge in [0, 0.05) is 5.69 Å². The minimum atomic E-state index is -0.767. The molecule has 6 heteroatoms. The number of pyridine rings is 1. The maximum absolute atomic E-state index is 13.7. The smallest absolute Gasteiger partial charge is 0.254 e. The number of halogens is 1. The number of benzene rings is 1. The van der Waals surface area contributed by atoms with Gasteiger partial charge in [0.15, 0.2) is 0 Å². The zero-order valence-corrected chi connectivity index (χ0v) is 14.5. The summed E-state index contributed by atoms with van der Waals surface area (Å²) in [6.07, 6.45) is 0. The molecule has 132 valence electrons. The Morgan fingerprint density at radius 2 is 1.84 bits per heavy atom. The fourth-order valence-corrected chi connectivity index (χ4v) is 2.38. The fourth-order valence-electron chi connectivity index (χ4n) is 2.38. The number of hydrogen-bond acceptors (Lipinski definition) is 3. The van der Waals surface area contributed by atoms with Gasteiger partial charge in [-0.1, -0.05) is 32.0 Å². The van der Waals surface area contributed by atoms with Gasteiger partial charge in [0.2, 0.25) is 5.91 Å². The van der Waals surface area contributed by atoms with Crippen molar-refractivity contribution < 1.29 is 14.0 Å². The van der Waals surface area contributed by atoms with Crippen LogP contribution in [0.4, 0.5) is 4.39 Å². The molecule has 1 heterocycles. The molecule has 0 saturated carbocycles. The van der Waals surface area contributed by atoms with Crippen LogP contribution < -0.4 is 10.6 Å². The van der Waals surface area contributed by atoms with Crippen molar-refractivity contribution in [3.05, 3.63) is 65.2 Å². The van der Waals surface area contributed by atoms with Crippen LogP contribution in [0.2, 0.25) is 0 Å². The summed E-state index contributed by atoms with van der Waals surface area (Å²) in [6, 6.07) is 10.5. The van der Waals surface area contributed by atoms with Gasteiger partial charge in [-0.05, 0) is 37.1 Å². The first-order valence-electron chi connectivity index (χ1n) is 8.14. The van der Waals surface area contributed by atoms with Gasteiger partial charge in [0.05, 0.1) is 17.8 Å². The average molecular weight is 343 g/mol. The maximum Gasteiger partial charge on any atom is 0.254 e. The quantitative estimate of drug-likeness (QED) is 0.847. The Morgan fingerprint density at radius 3 is 2.48 bits per heavy atom. The molecule has 1 unspecified atom stereocenters. The zero-order chi connectivity index (χ0) is 18.4. The van der Waals surface area contributed by atoms with Crippen LogP contribution in [0.5, 0.6) is 0 Å². The predicted molar refractivity (Wildman–Crippen MR) is 93.3 cm³/mol. The second kappa shape index (κ2) is 8.37. The van der Waals surface area contributed by atoms with Crippen LogP contribution in [0.25, 0.3) is 0 Å². The molecule has 5 nitrogen and oxygen atoms in total. The number of nitrogens with one attached hydrogen (secondary N) is 2. The molecule has 0 fully saturated rings. The normalized spacial score (nSPS) is 11.9. The SMILES string of the molecule is Cc1cccc(CNC(=O)C(NC(=O)c2ccccc2F)C(C)C)n1. The molecule has 0 bridgehead atoms. The van der Waals surface area contributed by atoms with Crippen LogP contribution in [-0.4, -0.2) is 22.8 Å². The number of amides is 2. The van der Waals surface area contributed by atoms with E-state index in [4.69, 9.17) is 0 Å². The molecular formula is C19H22FN3O2. The van der Waals surface area contributed by atoms with Crippen molar-refractivity contribution in [2.24, 2.45) is 5.92 Å². The Hall–Kier alpha value is -2.76.